The van der Waals surface area contributed by atoms with Crippen molar-refractivity contribution < 1.29 is 44.2 Å². The second-order valence-electron chi connectivity index (χ2n) is 12.9. The number of hydrogen-bond acceptors (Lipinski definition) is 9. The summed E-state index contributed by atoms with van der Waals surface area (Å²) in [5, 5.41) is 35.9. The van der Waals surface area contributed by atoms with Crippen LogP contribution in [0.15, 0.2) is 97.3 Å². The number of aliphatic hydroxyl groups is 1. The number of para-hydroxylation sites is 2. The number of benzene rings is 2. The van der Waals surface area contributed by atoms with Crippen LogP contribution in [0.3, 0.4) is 0 Å². The standard InChI is InChI=1S/C18H32O.C13H18O4.C8H10O2.C6H6O2.C2H6/c1-2-3-4-5-6-7-8-9-10-11-12-13-14-15-16-17-18-19;1-8(2)17-13-5-9(14)4-12-11(13)6-10(15-3)7-16-12;1-4-7(9)6(3)8(10)5-2;7-5-3-1-2-4-6(5)8;1-2/h6-7,9-10,18H,2-5,8,11-17H2,1H3;4-5,8,10,14H,6-7H2,1-3H3;4-5,9H,1-2H2,3H3;1-4,7-8H;1-2H3/b7-6-,10-9-;;7-6-;;. The predicted octanol–water partition coefficient (Wildman–Crippen LogP) is 12.0. The van der Waals surface area contributed by atoms with E-state index in [0.29, 0.717) is 18.1 Å². The summed E-state index contributed by atoms with van der Waals surface area (Å²) < 4.78 is 16.6. The molecule has 0 spiro atoms. The number of allylic oxidation sites excluding steroid dienone is 7. The Labute approximate surface area is 338 Å². The van der Waals surface area contributed by atoms with Gasteiger partial charge < -0.3 is 39.4 Å². The SMILES string of the molecule is C=CC(=O)/C(C)=C(\O)C=C.CC.CCCCC/C=C\C/C=C\CCCCCCCC=O.COC1COc2cc(O)cc(OC(C)C)c2C1.Oc1ccccc1O. The van der Waals surface area contributed by atoms with Crippen molar-refractivity contribution in [1.29, 1.82) is 0 Å². The summed E-state index contributed by atoms with van der Waals surface area (Å²) in [7, 11) is 1.67. The minimum atomic E-state index is -0.280. The van der Waals surface area contributed by atoms with Crippen molar-refractivity contribution in [2.75, 3.05) is 13.7 Å². The third-order valence-corrected chi connectivity index (χ3v) is 7.99. The molecule has 1 heterocycles. The maximum absolute atomic E-state index is 10.7. The molecular formula is C47H72O9. The molecular weight excluding hydrogens is 709 g/mol. The quantitative estimate of drug-likeness (QED) is 0.0196. The van der Waals surface area contributed by atoms with E-state index in [9.17, 15) is 14.7 Å². The average molecular weight is 781 g/mol. The monoisotopic (exact) mass is 781 g/mol. The van der Waals surface area contributed by atoms with Crippen molar-refractivity contribution >= 4 is 12.1 Å². The second-order valence-corrected chi connectivity index (χ2v) is 12.9. The van der Waals surface area contributed by atoms with Crippen molar-refractivity contribution in [3.05, 3.63) is 103 Å². The summed E-state index contributed by atoms with van der Waals surface area (Å²) in [5.74, 6) is 1.00. The van der Waals surface area contributed by atoms with Crippen molar-refractivity contribution in [1.82, 2.24) is 0 Å². The average Bonchev–Trinajstić information content (AvgIpc) is 3.20. The van der Waals surface area contributed by atoms with Gasteiger partial charge in [-0.05, 0) is 83.6 Å². The van der Waals surface area contributed by atoms with E-state index in [1.54, 1.807) is 31.4 Å². The van der Waals surface area contributed by atoms with E-state index in [2.05, 4.69) is 44.4 Å². The fourth-order valence-corrected chi connectivity index (χ4v) is 4.85. The van der Waals surface area contributed by atoms with Crippen LogP contribution < -0.4 is 9.47 Å². The van der Waals surface area contributed by atoms with Crippen LogP contribution in [0.4, 0.5) is 0 Å². The zero-order valence-electron chi connectivity index (χ0n) is 35.3. The van der Waals surface area contributed by atoms with Crippen molar-refractivity contribution in [2.24, 2.45) is 0 Å². The molecule has 9 heteroatoms. The maximum Gasteiger partial charge on any atom is 0.184 e. The lowest BCUT2D eigenvalue weighted by atomic mass is 10.0. The highest BCUT2D eigenvalue weighted by atomic mass is 16.5. The van der Waals surface area contributed by atoms with Gasteiger partial charge in [0.15, 0.2) is 17.3 Å². The number of unbranched alkanes of at least 4 members (excludes halogenated alkanes) is 9. The Morgan fingerprint density at radius 3 is 1.91 bits per heavy atom. The number of aromatic hydroxyl groups is 3. The Morgan fingerprint density at radius 1 is 0.875 bits per heavy atom. The zero-order chi connectivity index (χ0) is 42.6. The molecule has 0 fully saturated rings. The summed E-state index contributed by atoms with van der Waals surface area (Å²) in [4.78, 5) is 20.9. The van der Waals surface area contributed by atoms with E-state index >= 15 is 0 Å². The van der Waals surface area contributed by atoms with E-state index in [4.69, 9.17) is 29.5 Å². The highest BCUT2D eigenvalue weighted by Crippen LogP contribution is 2.38. The molecule has 56 heavy (non-hydrogen) atoms. The molecule has 314 valence electrons. The lowest BCUT2D eigenvalue weighted by molar-refractivity contribution is -0.111. The highest BCUT2D eigenvalue weighted by Gasteiger charge is 2.24. The third-order valence-electron chi connectivity index (χ3n) is 7.99. The largest absolute Gasteiger partial charge is 0.508 e. The summed E-state index contributed by atoms with van der Waals surface area (Å²) >= 11 is 0. The van der Waals surface area contributed by atoms with Crippen LogP contribution in [0, 0.1) is 0 Å². The topological polar surface area (TPSA) is 143 Å². The molecule has 2 aromatic carbocycles. The summed E-state index contributed by atoms with van der Waals surface area (Å²) in [6.07, 6.45) is 27.8. The van der Waals surface area contributed by atoms with Crippen LogP contribution in [0.2, 0.25) is 0 Å². The van der Waals surface area contributed by atoms with Crippen LogP contribution in [0.25, 0.3) is 0 Å². The number of hydrogen-bond donors (Lipinski definition) is 4. The molecule has 9 nitrogen and oxygen atoms in total. The molecule has 0 aliphatic carbocycles. The molecule has 0 saturated heterocycles. The molecule has 1 atom stereocenters. The minimum absolute atomic E-state index is 0.0431. The number of phenolic OH excluding ortho intramolecular Hbond substituents is 3. The first-order valence-corrected chi connectivity index (χ1v) is 20.0. The molecule has 1 unspecified atom stereocenters. The van der Waals surface area contributed by atoms with Gasteiger partial charge >= 0.3 is 0 Å². The molecule has 0 bridgehead atoms. The van der Waals surface area contributed by atoms with Gasteiger partial charge in [0.1, 0.15) is 35.9 Å². The van der Waals surface area contributed by atoms with E-state index in [0.717, 1.165) is 43.6 Å². The fourth-order valence-electron chi connectivity index (χ4n) is 4.85. The molecule has 0 aromatic heterocycles. The lowest BCUT2D eigenvalue weighted by Gasteiger charge is -2.26. The number of carbonyl (C=O) groups excluding carboxylic acids is 2. The van der Waals surface area contributed by atoms with Crippen molar-refractivity contribution in [2.45, 2.75) is 137 Å². The van der Waals surface area contributed by atoms with Crippen molar-refractivity contribution in [3.8, 4) is 28.7 Å². The Kier molecular flexibility index (Phi) is 34.2. The summed E-state index contributed by atoms with van der Waals surface area (Å²) in [6.45, 7) is 18.7. The predicted molar refractivity (Wildman–Crippen MR) is 231 cm³/mol. The number of methoxy groups -OCH3 is 1. The van der Waals surface area contributed by atoms with E-state index in [1.165, 1.54) is 82.9 Å². The second kappa shape index (κ2) is 35.9. The summed E-state index contributed by atoms with van der Waals surface area (Å²) in [6, 6.07) is 9.39. The van der Waals surface area contributed by atoms with Crippen LogP contribution in [0.5, 0.6) is 28.7 Å². The van der Waals surface area contributed by atoms with Gasteiger partial charge in [-0.1, -0.05) is 102 Å². The molecule has 3 rings (SSSR count). The zero-order valence-corrected chi connectivity index (χ0v) is 35.3. The van der Waals surface area contributed by atoms with Gasteiger partial charge in [0.05, 0.1) is 12.2 Å². The van der Waals surface area contributed by atoms with E-state index in [-0.39, 0.29) is 46.6 Å². The number of phenols is 3. The molecule has 0 amide bonds. The number of carbonyl (C=O) groups is 2. The molecule has 0 radical (unpaired) electrons. The van der Waals surface area contributed by atoms with Gasteiger partial charge in [0.25, 0.3) is 0 Å². The van der Waals surface area contributed by atoms with Gasteiger partial charge in [-0.2, -0.15) is 0 Å². The number of aldehydes is 1. The smallest absolute Gasteiger partial charge is 0.184 e. The van der Waals surface area contributed by atoms with E-state index < -0.39 is 0 Å². The Balaban J connectivity index is 0. The van der Waals surface area contributed by atoms with Crippen molar-refractivity contribution in [3.63, 3.8) is 0 Å². The van der Waals surface area contributed by atoms with Gasteiger partial charge in [0, 0.05) is 43.2 Å². The van der Waals surface area contributed by atoms with Crippen LogP contribution >= 0.6 is 0 Å². The molecule has 2 aromatic rings. The van der Waals surface area contributed by atoms with E-state index in [1.807, 2.05) is 27.7 Å². The number of aliphatic hydroxyl groups excluding tert-OH is 1. The first kappa shape index (κ1) is 53.3. The van der Waals surface area contributed by atoms with Crippen LogP contribution in [-0.4, -0.2) is 58.4 Å². The van der Waals surface area contributed by atoms with Gasteiger partial charge in [0.2, 0.25) is 0 Å². The molecule has 4 N–H and O–H groups in total. The van der Waals surface area contributed by atoms with Crippen LogP contribution in [0.1, 0.15) is 124 Å². The minimum Gasteiger partial charge on any atom is -0.508 e. The normalized spacial score (nSPS) is 13.1. The number of rotatable bonds is 20. The fraction of sp³-hybridized carbons (Fsp3) is 0.489. The Hall–Kier alpha value is -4.76. The Morgan fingerprint density at radius 2 is 1.43 bits per heavy atom. The van der Waals surface area contributed by atoms with Gasteiger partial charge in [-0.3, -0.25) is 4.79 Å². The molecule has 1 aliphatic heterocycles. The van der Waals surface area contributed by atoms with Gasteiger partial charge in [-0.25, -0.2) is 0 Å². The Bertz CT molecular complexity index is 1420. The summed E-state index contributed by atoms with van der Waals surface area (Å²) in [5.41, 5.74) is 1.24. The van der Waals surface area contributed by atoms with Gasteiger partial charge in [-0.15, -0.1) is 0 Å². The third kappa shape index (κ3) is 26.9. The molecule has 1 aliphatic rings. The number of ketones is 1. The molecule has 0 saturated carbocycles. The number of fused-ring (bicyclic) bond motifs is 1. The highest BCUT2D eigenvalue weighted by molar-refractivity contribution is 6.03. The van der Waals surface area contributed by atoms with Crippen LogP contribution in [-0.2, 0) is 20.7 Å². The first-order chi connectivity index (χ1) is 26.9. The maximum atomic E-state index is 10.7. The first-order valence-electron chi connectivity index (χ1n) is 20.0. The lowest BCUT2D eigenvalue weighted by Crippen LogP contribution is -2.28. The number of ether oxygens (including phenoxy) is 3.